The number of hydrogen-bond donors (Lipinski definition) is 0. The quantitative estimate of drug-likeness (QED) is 0.687. The molecule has 0 aromatic heterocycles. The number of fused-ring (bicyclic) bond motifs is 2. The zero-order chi connectivity index (χ0) is 14.3. The molecule has 2 atom stereocenters. The fourth-order valence-electron chi connectivity index (χ4n) is 4.12. The highest BCUT2D eigenvalue weighted by molar-refractivity contribution is 5.81. The maximum Gasteiger partial charge on any atom is 0.226 e. The lowest BCUT2D eigenvalue weighted by Crippen LogP contribution is -2.49. The molecule has 0 spiro atoms. The van der Waals surface area contributed by atoms with Gasteiger partial charge in [0.15, 0.2) is 0 Å². The number of nitrogens with zero attached hydrogens (tertiary/aromatic N) is 2. The van der Waals surface area contributed by atoms with Crippen LogP contribution in [-0.4, -0.2) is 46.8 Å². The summed E-state index contributed by atoms with van der Waals surface area (Å²) in [6.07, 6.45) is 5.93. The van der Waals surface area contributed by atoms with Crippen molar-refractivity contribution in [3.05, 3.63) is 12.2 Å². The highest BCUT2D eigenvalue weighted by Crippen LogP contribution is 2.39. The molecule has 3 saturated heterocycles. The molecule has 110 valence electrons. The summed E-state index contributed by atoms with van der Waals surface area (Å²) < 4.78 is 0. The van der Waals surface area contributed by atoms with Crippen LogP contribution in [0.2, 0.25) is 0 Å². The van der Waals surface area contributed by atoms with Gasteiger partial charge in [0.25, 0.3) is 0 Å². The van der Waals surface area contributed by atoms with Crippen LogP contribution in [0, 0.1) is 5.92 Å². The number of likely N-dealkylation sites (tertiary alicyclic amines) is 1. The molecule has 0 aromatic carbocycles. The summed E-state index contributed by atoms with van der Waals surface area (Å²) in [6.45, 7) is 7.19. The molecule has 2 amide bonds. The van der Waals surface area contributed by atoms with E-state index in [9.17, 15) is 9.59 Å². The van der Waals surface area contributed by atoms with Gasteiger partial charge in [-0.15, -0.1) is 0 Å². The van der Waals surface area contributed by atoms with Crippen molar-refractivity contribution >= 4 is 11.8 Å². The second kappa shape index (κ2) is 5.23. The Labute approximate surface area is 120 Å². The van der Waals surface area contributed by atoms with Crippen LogP contribution in [0.15, 0.2) is 12.2 Å². The van der Waals surface area contributed by atoms with E-state index in [1.54, 1.807) is 6.92 Å². The van der Waals surface area contributed by atoms with Crippen LogP contribution in [-0.2, 0) is 9.59 Å². The van der Waals surface area contributed by atoms with Gasteiger partial charge < -0.3 is 9.80 Å². The monoisotopic (exact) mass is 276 g/mol. The van der Waals surface area contributed by atoms with E-state index in [2.05, 4.69) is 11.5 Å². The average molecular weight is 276 g/mol. The van der Waals surface area contributed by atoms with Crippen molar-refractivity contribution in [3.8, 4) is 0 Å². The predicted molar refractivity (Wildman–Crippen MR) is 77.0 cm³/mol. The molecule has 4 nitrogen and oxygen atoms in total. The van der Waals surface area contributed by atoms with Crippen LogP contribution in [0.4, 0.5) is 0 Å². The van der Waals surface area contributed by atoms with E-state index in [4.69, 9.17) is 0 Å². The molecule has 0 N–H and O–H groups in total. The summed E-state index contributed by atoms with van der Waals surface area (Å²) in [5, 5.41) is 0. The van der Waals surface area contributed by atoms with Crippen molar-refractivity contribution in [1.29, 1.82) is 0 Å². The molecule has 0 aliphatic carbocycles. The van der Waals surface area contributed by atoms with E-state index in [0.717, 1.165) is 51.6 Å². The lowest BCUT2D eigenvalue weighted by atomic mass is 9.91. The number of amides is 2. The number of rotatable bonds is 1. The largest absolute Gasteiger partial charge is 0.343 e. The van der Waals surface area contributed by atoms with Crippen LogP contribution in [0.25, 0.3) is 0 Å². The van der Waals surface area contributed by atoms with Crippen molar-refractivity contribution in [1.82, 2.24) is 9.80 Å². The summed E-state index contributed by atoms with van der Waals surface area (Å²) in [6, 6.07) is 0.805. The van der Waals surface area contributed by atoms with Gasteiger partial charge in [0.2, 0.25) is 11.8 Å². The van der Waals surface area contributed by atoms with Gasteiger partial charge in [-0.25, -0.2) is 0 Å². The minimum absolute atomic E-state index is 0.125. The summed E-state index contributed by atoms with van der Waals surface area (Å²) in [4.78, 5) is 28.2. The first-order valence-electron chi connectivity index (χ1n) is 7.80. The normalized spacial score (nSPS) is 30.8. The first-order chi connectivity index (χ1) is 9.56. The van der Waals surface area contributed by atoms with Crippen LogP contribution >= 0.6 is 0 Å². The Morgan fingerprint density at radius 1 is 1.05 bits per heavy atom. The lowest BCUT2D eigenvalue weighted by Gasteiger charge is -2.40. The third kappa shape index (κ3) is 2.36. The van der Waals surface area contributed by atoms with E-state index in [-0.39, 0.29) is 11.8 Å². The van der Waals surface area contributed by atoms with Gasteiger partial charge in [0.1, 0.15) is 0 Å². The molecule has 3 heterocycles. The third-order valence-electron chi connectivity index (χ3n) is 5.21. The Morgan fingerprint density at radius 2 is 1.60 bits per heavy atom. The van der Waals surface area contributed by atoms with E-state index in [1.807, 2.05) is 4.90 Å². The number of piperidine rings is 2. The van der Waals surface area contributed by atoms with Gasteiger partial charge in [-0.2, -0.15) is 0 Å². The smallest absolute Gasteiger partial charge is 0.226 e. The highest BCUT2D eigenvalue weighted by Gasteiger charge is 2.43. The van der Waals surface area contributed by atoms with Crippen molar-refractivity contribution < 1.29 is 9.59 Å². The molecule has 2 bridgehead atoms. The molecular weight excluding hydrogens is 252 g/mol. The minimum atomic E-state index is 0.125. The SMILES string of the molecule is C=C1CC2CCC(C1)N2C(=O)C1CCN(C(C)=O)CC1. The molecule has 4 heteroatoms. The van der Waals surface area contributed by atoms with Crippen molar-refractivity contribution in [2.24, 2.45) is 5.92 Å². The fourth-order valence-corrected chi connectivity index (χ4v) is 4.12. The molecule has 3 rings (SSSR count). The van der Waals surface area contributed by atoms with E-state index < -0.39 is 0 Å². The number of hydrogen-bond acceptors (Lipinski definition) is 2. The fraction of sp³-hybridized carbons (Fsp3) is 0.750. The van der Waals surface area contributed by atoms with Gasteiger partial charge in [0, 0.05) is 38.0 Å². The third-order valence-corrected chi connectivity index (χ3v) is 5.21. The molecular formula is C16H24N2O2. The van der Waals surface area contributed by atoms with Gasteiger partial charge in [-0.1, -0.05) is 12.2 Å². The number of carbonyl (C=O) groups is 2. The van der Waals surface area contributed by atoms with Crippen LogP contribution in [0.1, 0.15) is 45.4 Å². The Hall–Kier alpha value is -1.32. The molecule has 3 aliphatic heterocycles. The minimum Gasteiger partial charge on any atom is -0.343 e. The van der Waals surface area contributed by atoms with Crippen LogP contribution in [0.5, 0.6) is 0 Å². The predicted octanol–water partition coefficient (Wildman–Crippen LogP) is 1.95. The maximum absolute atomic E-state index is 12.8. The lowest BCUT2D eigenvalue weighted by molar-refractivity contribution is -0.143. The molecule has 3 fully saturated rings. The first kappa shape index (κ1) is 13.7. The average Bonchev–Trinajstić information content (AvgIpc) is 2.70. The van der Waals surface area contributed by atoms with Crippen molar-refractivity contribution in [3.63, 3.8) is 0 Å². The van der Waals surface area contributed by atoms with Gasteiger partial charge in [-0.3, -0.25) is 9.59 Å². The van der Waals surface area contributed by atoms with Crippen LogP contribution < -0.4 is 0 Å². The zero-order valence-electron chi connectivity index (χ0n) is 12.3. The standard InChI is InChI=1S/C16H24N2O2/c1-11-9-14-3-4-15(10-11)18(14)16(20)13-5-7-17(8-6-13)12(2)19/h13-15H,1,3-10H2,2H3. The molecule has 0 saturated carbocycles. The van der Waals surface area contributed by atoms with E-state index in [1.165, 1.54) is 5.57 Å². The molecule has 2 unspecified atom stereocenters. The topological polar surface area (TPSA) is 40.6 Å². The summed E-state index contributed by atoms with van der Waals surface area (Å²) >= 11 is 0. The van der Waals surface area contributed by atoms with Gasteiger partial charge >= 0.3 is 0 Å². The van der Waals surface area contributed by atoms with Gasteiger partial charge in [-0.05, 0) is 38.5 Å². The van der Waals surface area contributed by atoms with Crippen molar-refractivity contribution in [2.45, 2.75) is 57.5 Å². The summed E-state index contributed by atoms with van der Waals surface area (Å²) in [5.74, 6) is 0.596. The molecule has 0 radical (unpaired) electrons. The van der Waals surface area contributed by atoms with E-state index in [0.29, 0.717) is 18.0 Å². The molecule has 0 aromatic rings. The summed E-state index contributed by atoms with van der Waals surface area (Å²) in [7, 11) is 0. The summed E-state index contributed by atoms with van der Waals surface area (Å²) in [5.41, 5.74) is 1.31. The highest BCUT2D eigenvalue weighted by atomic mass is 16.2. The Morgan fingerprint density at radius 3 is 2.10 bits per heavy atom. The van der Waals surface area contributed by atoms with E-state index >= 15 is 0 Å². The Bertz CT molecular complexity index is 422. The zero-order valence-corrected chi connectivity index (χ0v) is 12.3. The second-order valence-corrected chi connectivity index (χ2v) is 6.57. The van der Waals surface area contributed by atoms with Crippen molar-refractivity contribution in [2.75, 3.05) is 13.1 Å². The van der Waals surface area contributed by atoms with Gasteiger partial charge in [0.05, 0.1) is 0 Å². The first-order valence-corrected chi connectivity index (χ1v) is 7.80. The second-order valence-electron chi connectivity index (χ2n) is 6.57. The number of carbonyl (C=O) groups excluding carboxylic acids is 2. The van der Waals surface area contributed by atoms with Crippen LogP contribution in [0.3, 0.4) is 0 Å². The molecule has 3 aliphatic rings. The maximum atomic E-state index is 12.8. The Balaban J connectivity index is 1.63. The molecule has 20 heavy (non-hydrogen) atoms. The Kier molecular flexibility index (Phi) is 3.57.